The van der Waals surface area contributed by atoms with E-state index in [4.69, 9.17) is 0 Å². The fraction of sp³-hybridized carbons (Fsp3) is 0.500. The second-order valence-electron chi connectivity index (χ2n) is 1.26. The summed E-state index contributed by atoms with van der Waals surface area (Å²) in [5, 5.41) is 0. The van der Waals surface area contributed by atoms with Crippen molar-refractivity contribution in [3.63, 3.8) is 0 Å². The lowest BCUT2D eigenvalue weighted by atomic mass is 10.4. The molecule has 0 spiro atoms. The SMILES string of the molecule is CC(C)=C(Br)Br. The molecule has 0 amide bonds. The van der Waals surface area contributed by atoms with Crippen LogP contribution in [0.4, 0.5) is 0 Å². The van der Waals surface area contributed by atoms with Gasteiger partial charge in [0.1, 0.15) is 0 Å². The van der Waals surface area contributed by atoms with Crippen molar-refractivity contribution in [1.29, 1.82) is 0 Å². The highest BCUT2D eigenvalue weighted by Crippen LogP contribution is 2.17. The van der Waals surface area contributed by atoms with Crippen molar-refractivity contribution in [3.05, 3.63) is 8.96 Å². The topological polar surface area (TPSA) is 0 Å². The predicted octanol–water partition coefficient (Wildman–Crippen LogP) is 3.03. The Hall–Kier alpha value is 0.700. The lowest BCUT2D eigenvalue weighted by Crippen LogP contribution is -1.57. The van der Waals surface area contributed by atoms with Crippen LogP contribution in [-0.4, -0.2) is 0 Å². The number of hydrogen-bond donors (Lipinski definition) is 0. The van der Waals surface area contributed by atoms with Crippen LogP contribution in [0.5, 0.6) is 0 Å². The lowest BCUT2D eigenvalue weighted by Gasteiger charge is -1.83. The summed E-state index contributed by atoms with van der Waals surface area (Å²) in [4.78, 5) is 0. The highest BCUT2D eigenvalue weighted by molar-refractivity contribution is 9.28. The van der Waals surface area contributed by atoms with Crippen molar-refractivity contribution in [1.82, 2.24) is 0 Å². The van der Waals surface area contributed by atoms with Gasteiger partial charge in [-0.2, -0.15) is 0 Å². The minimum atomic E-state index is 1.05. The van der Waals surface area contributed by atoms with Crippen LogP contribution in [0, 0.1) is 0 Å². The molecule has 0 saturated carbocycles. The minimum absolute atomic E-state index is 1.05. The van der Waals surface area contributed by atoms with Crippen molar-refractivity contribution < 1.29 is 0 Å². The van der Waals surface area contributed by atoms with Gasteiger partial charge in [0.15, 0.2) is 0 Å². The zero-order valence-electron chi connectivity index (χ0n) is 3.76. The maximum Gasteiger partial charge on any atom is 0.0590 e. The Labute approximate surface area is 54.9 Å². The molecule has 0 fully saturated rings. The van der Waals surface area contributed by atoms with Crippen LogP contribution in [0.2, 0.25) is 0 Å². The summed E-state index contributed by atoms with van der Waals surface area (Å²) >= 11 is 6.47. The van der Waals surface area contributed by atoms with E-state index in [1.54, 1.807) is 0 Å². The van der Waals surface area contributed by atoms with Crippen LogP contribution in [0.3, 0.4) is 0 Å². The molecule has 0 bridgehead atoms. The van der Waals surface area contributed by atoms with Crippen molar-refractivity contribution in [3.8, 4) is 0 Å². The van der Waals surface area contributed by atoms with Gasteiger partial charge < -0.3 is 0 Å². The van der Waals surface area contributed by atoms with E-state index in [1.165, 1.54) is 5.57 Å². The smallest absolute Gasteiger partial charge is 0.0552 e. The van der Waals surface area contributed by atoms with Crippen LogP contribution in [-0.2, 0) is 0 Å². The van der Waals surface area contributed by atoms with Gasteiger partial charge in [-0.25, -0.2) is 0 Å². The first kappa shape index (κ1) is 6.70. The predicted molar refractivity (Wildman–Crippen MR) is 36.2 cm³/mol. The lowest BCUT2D eigenvalue weighted by molar-refractivity contribution is 1.41. The molecule has 0 unspecified atom stereocenters. The fourth-order valence-electron chi connectivity index (χ4n) is 0. The zero-order valence-corrected chi connectivity index (χ0v) is 6.93. The van der Waals surface area contributed by atoms with Gasteiger partial charge in [0.25, 0.3) is 0 Å². The molecule has 36 valence electrons. The summed E-state index contributed by atoms with van der Waals surface area (Å²) < 4.78 is 1.05. The van der Waals surface area contributed by atoms with Crippen molar-refractivity contribution >= 4 is 31.9 Å². The third kappa shape index (κ3) is 2.91. The second kappa shape index (κ2) is 2.80. The van der Waals surface area contributed by atoms with Crippen molar-refractivity contribution in [2.24, 2.45) is 0 Å². The van der Waals surface area contributed by atoms with Gasteiger partial charge >= 0.3 is 0 Å². The molecule has 0 N–H and O–H groups in total. The van der Waals surface area contributed by atoms with Gasteiger partial charge in [-0.05, 0) is 45.7 Å². The third-order valence-corrected chi connectivity index (χ3v) is 1.96. The summed E-state index contributed by atoms with van der Waals surface area (Å²) in [6.45, 7) is 4.05. The molecule has 0 heterocycles. The Morgan fingerprint density at radius 1 is 1.17 bits per heavy atom. The van der Waals surface area contributed by atoms with E-state index in [9.17, 15) is 0 Å². The standard InChI is InChI=1S/C4H6Br2/c1-3(2)4(5)6/h1-2H3. The minimum Gasteiger partial charge on any atom is -0.0552 e. The van der Waals surface area contributed by atoms with E-state index in [-0.39, 0.29) is 0 Å². The molecule has 0 nitrogen and oxygen atoms in total. The van der Waals surface area contributed by atoms with Crippen molar-refractivity contribution in [2.45, 2.75) is 13.8 Å². The Bertz CT molecular complexity index is 55.6. The molecular weight excluding hydrogens is 208 g/mol. The summed E-state index contributed by atoms with van der Waals surface area (Å²) in [6.07, 6.45) is 0. The molecule has 0 aromatic rings. The van der Waals surface area contributed by atoms with Gasteiger partial charge in [-0.1, -0.05) is 5.57 Å². The second-order valence-corrected chi connectivity index (χ2v) is 3.91. The van der Waals surface area contributed by atoms with Crippen LogP contribution in [0.1, 0.15) is 13.8 Å². The number of halogens is 2. The Kier molecular flexibility index (Phi) is 3.13. The normalized spacial score (nSPS) is 8.00. The molecule has 0 saturated heterocycles. The van der Waals surface area contributed by atoms with Gasteiger partial charge in [0.2, 0.25) is 0 Å². The maximum absolute atomic E-state index is 3.23. The number of allylic oxidation sites excluding steroid dienone is 1. The number of rotatable bonds is 0. The highest BCUT2D eigenvalue weighted by atomic mass is 79.9. The third-order valence-electron chi connectivity index (χ3n) is 0.378. The van der Waals surface area contributed by atoms with E-state index in [0.717, 1.165) is 3.39 Å². The summed E-state index contributed by atoms with van der Waals surface area (Å²) in [7, 11) is 0. The molecule has 0 rings (SSSR count). The first-order valence-electron chi connectivity index (χ1n) is 1.63. The first-order chi connectivity index (χ1) is 2.64. The average molecular weight is 214 g/mol. The molecule has 0 radical (unpaired) electrons. The molecule has 0 aromatic carbocycles. The van der Waals surface area contributed by atoms with E-state index in [2.05, 4.69) is 31.9 Å². The zero-order chi connectivity index (χ0) is 5.15. The summed E-state index contributed by atoms with van der Waals surface area (Å²) in [5.41, 5.74) is 1.26. The Balaban J connectivity index is 3.68. The van der Waals surface area contributed by atoms with Crippen LogP contribution < -0.4 is 0 Å². The highest BCUT2D eigenvalue weighted by Gasteiger charge is 1.80. The van der Waals surface area contributed by atoms with Gasteiger partial charge in [0, 0.05) is 0 Å². The Morgan fingerprint density at radius 2 is 1.33 bits per heavy atom. The molecule has 6 heavy (non-hydrogen) atoms. The van der Waals surface area contributed by atoms with Crippen molar-refractivity contribution in [2.75, 3.05) is 0 Å². The van der Waals surface area contributed by atoms with Gasteiger partial charge in [0.05, 0.1) is 3.39 Å². The summed E-state index contributed by atoms with van der Waals surface area (Å²) in [5.74, 6) is 0. The van der Waals surface area contributed by atoms with Gasteiger partial charge in [-0.15, -0.1) is 0 Å². The Morgan fingerprint density at radius 3 is 1.33 bits per heavy atom. The molecule has 2 heteroatoms. The van der Waals surface area contributed by atoms with E-state index >= 15 is 0 Å². The van der Waals surface area contributed by atoms with E-state index in [1.807, 2.05) is 13.8 Å². The molecule has 0 aliphatic rings. The average Bonchev–Trinajstić information content (AvgIpc) is 1.36. The van der Waals surface area contributed by atoms with Crippen LogP contribution in [0.15, 0.2) is 8.96 Å². The first-order valence-corrected chi connectivity index (χ1v) is 3.21. The molecule has 0 aliphatic carbocycles. The quantitative estimate of drug-likeness (QED) is 0.581. The monoisotopic (exact) mass is 212 g/mol. The molecule has 0 atom stereocenters. The molecule has 0 aliphatic heterocycles. The molecular formula is C4H6Br2. The summed E-state index contributed by atoms with van der Waals surface area (Å²) in [6, 6.07) is 0. The number of hydrogen-bond acceptors (Lipinski definition) is 0. The van der Waals surface area contributed by atoms with E-state index in [0.29, 0.717) is 0 Å². The van der Waals surface area contributed by atoms with Crippen LogP contribution >= 0.6 is 31.9 Å². The van der Waals surface area contributed by atoms with Crippen LogP contribution in [0.25, 0.3) is 0 Å². The maximum atomic E-state index is 3.23. The largest absolute Gasteiger partial charge is 0.0590 e. The molecule has 0 aromatic heterocycles. The van der Waals surface area contributed by atoms with E-state index < -0.39 is 0 Å². The van der Waals surface area contributed by atoms with Gasteiger partial charge in [-0.3, -0.25) is 0 Å². The fourth-order valence-corrected chi connectivity index (χ4v) is 0.